The molecule has 1 aromatic rings. The van der Waals surface area contributed by atoms with Crippen LogP contribution >= 0.6 is 15.9 Å². The molecule has 2 atom stereocenters. The molecule has 0 aromatic heterocycles. The summed E-state index contributed by atoms with van der Waals surface area (Å²) >= 11 is 3.38. The Labute approximate surface area is 87.2 Å². The Bertz CT molecular complexity index is 258. The number of nitrogens with two attached hydrogens (primary N) is 1. The second-order valence-electron chi connectivity index (χ2n) is 3.07. The molecule has 1 rings (SSSR count). The van der Waals surface area contributed by atoms with E-state index in [2.05, 4.69) is 15.9 Å². The number of hydrogen-bond donors (Lipinski definition) is 1. The molecule has 2 N–H and O–H groups in total. The fourth-order valence-electron chi connectivity index (χ4n) is 1.31. The SMILES string of the molecule is CO[C@H](c1ccc(Br)cc1)[C@H](C)N. The zero-order valence-electron chi connectivity index (χ0n) is 7.83. The molecule has 2 nitrogen and oxygen atoms in total. The van der Waals surface area contributed by atoms with Gasteiger partial charge < -0.3 is 10.5 Å². The van der Waals surface area contributed by atoms with Gasteiger partial charge in [0.15, 0.2) is 0 Å². The molecule has 1 aromatic carbocycles. The van der Waals surface area contributed by atoms with Crippen LogP contribution in [0.5, 0.6) is 0 Å². The van der Waals surface area contributed by atoms with E-state index < -0.39 is 0 Å². The molecule has 0 aliphatic rings. The summed E-state index contributed by atoms with van der Waals surface area (Å²) in [5, 5.41) is 0. The molecule has 0 spiro atoms. The normalized spacial score (nSPS) is 15.4. The van der Waals surface area contributed by atoms with Gasteiger partial charge in [-0.3, -0.25) is 0 Å². The molecule has 0 saturated heterocycles. The number of methoxy groups -OCH3 is 1. The van der Waals surface area contributed by atoms with Gasteiger partial charge in [0.2, 0.25) is 0 Å². The first-order valence-corrected chi connectivity index (χ1v) is 4.98. The summed E-state index contributed by atoms with van der Waals surface area (Å²) in [5.74, 6) is 0. The van der Waals surface area contributed by atoms with E-state index in [0.717, 1.165) is 10.0 Å². The van der Waals surface area contributed by atoms with E-state index in [1.54, 1.807) is 7.11 Å². The minimum Gasteiger partial charge on any atom is -0.375 e. The van der Waals surface area contributed by atoms with E-state index in [-0.39, 0.29) is 12.1 Å². The first kappa shape index (κ1) is 10.7. The lowest BCUT2D eigenvalue weighted by Gasteiger charge is -2.19. The van der Waals surface area contributed by atoms with Crippen LogP contribution in [0.1, 0.15) is 18.6 Å². The summed E-state index contributed by atoms with van der Waals surface area (Å²) in [6, 6.07) is 8.02. The lowest BCUT2D eigenvalue weighted by Crippen LogP contribution is -2.25. The van der Waals surface area contributed by atoms with Gasteiger partial charge in [-0.15, -0.1) is 0 Å². The Morgan fingerprint density at radius 1 is 1.31 bits per heavy atom. The third kappa shape index (κ3) is 2.79. The predicted molar refractivity (Wildman–Crippen MR) is 57.5 cm³/mol. The highest BCUT2D eigenvalue weighted by molar-refractivity contribution is 9.10. The summed E-state index contributed by atoms with van der Waals surface area (Å²) in [6.07, 6.45) is -0.0203. The summed E-state index contributed by atoms with van der Waals surface area (Å²) < 4.78 is 6.36. The summed E-state index contributed by atoms with van der Waals surface area (Å²) in [6.45, 7) is 1.94. The van der Waals surface area contributed by atoms with Crippen LogP contribution < -0.4 is 5.73 Å². The molecular formula is C10H14BrNO. The molecule has 13 heavy (non-hydrogen) atoms. The van der Waals surface area contributed by atoms with E-state index >= 15 is 0 Å². The monoisotopic (exact) mass is 243 g/mol. The largest absolute Gasteiger partial charge is 0.375 e. The highest BCUT2D eigenvalue weighted by Gasteiger charge is 2.14. The van der Waals surface area contributed by atoms with Crippen molar-refractivity contribution in [1.82, 2.24) is 0 Å². The van der Waals surface area contributed by atoms with Crippen molar-refractivity contribution < 1.29 is 4.74 Å². The molecule has 0 amide bonds. The molecule has 0 fully saturated rings. The maximum absolute atomic E-state index is 5.78. The molecule has 0 aliphatic heterocycles. The lowest BCUT2D eigenvalue weighted by molar-refractivity contribution is 0.0853. The highest BCUT2D eigenvalue weighted by Crippen LogP contribution is 2.21. The van der Waals surface area contributed by atoms with Crippen LogP contribution in [-0.4, -0.2) is 13.2 Å². The minimum absolute atomic E-state index is 0.00572. The van der Waals surface area contributed by atoms with Gasteiger partial charge >= 0.3 is 0 Å². The molecule has 72 valence electrons. The molecule has 3 heteroatoms. The zero-order valence-corrected chi connectivity index (χ0v) is 9.41. The third-order valence-electron chi connectivity index (χ3n) is 1.93. The molecule has 0 radical (unpaired) electrons. The van der Waals surface area contributed by atoms with Crippen LogP contribution in [0.4, 0.5) is 0 Å². The summed E-state index contributed by atoms with van der Waals surface area (Å²) in [4.78, 5) is 0. The van der Waals surface area contributed by atoms with Crippen LogP contribution in [0.3, 0.4) is 0 Å². The van der Waals surface area contributed by atoms with E-state index in [9.17, 15) is 0 Å². The van der Waals surface area contributed by atoms with Crippen molar-refractivity contribution >= 4 is 15.9 Å². The van der Waals surface area contributed by atoms with Crippen molar-refractivity contribution in [1.29, 1.82) is 0 Å². The van der Waals surface area contributed by atoms with Crippen molar-refractivity contribution in [2.75, 3.05) is 7.11 Å². The van der Waals surface area contributed by atoms with Crippen molar-refractivity contribution in [3.8, 4) is 0 Å². The van der Waals surface area contributed by atoms with E-state index in [1.807, 2.05) is 31.2 Å². The highest BCUT2D eigenvalue weighted by atomic mass is 79.9. The van der Waals surface area contributed by atoms with E-state index in [4.69, 9.17) is 10.5 Å². The van der Waals surface area contributed by atoms with E-state index in [0.29, 0.717) is 0 Å². The van der Waals surface area contributed by atoms with Crippen molar-refractivity contribution in [3.63, 3.8) is 0 Å². The zero-order chi connectivity index (χ0) is 9.84. The Hall–Kier alpha value is -0.380. The van der Waals surface area contributed by atoms with Gasteiger partial charge in [0, 0.05) is 17.6 Å². The van der Waals surface area contributed by atoms with Crippen LogP contribution in [0.15, 0.2) is 28.7 Å². The molecule has 0 heterocycles. The first-order valence-electron chi connectivity index (χ1n) is 4.19. The number of benzene rings is 1. The Morgan fingerprint density at radius 3 is 2.23 bits per heavy atom. The second kappa shape index (κ2) is 4.74. The standard InChI is InChI=1S/C10H14BrNO/c1-7(12)10(13-2)8-3-5-9(11)6-4-8/h3-7,10H,12H2,1-2H3/t7-,10-/m0/s1. The molecule has 0 aliphatic carbocycles. The van der Waals surface area contributed by atoms with Crippen molar-refractivity contribution in [3.05, 3.63) is 34.3 Å². The number of rotatable bonds is 3. The number of hydrogen-bond acceptors (Lipinski definition) is 2. The average Bonchev–Trinajstić information content (AvgIpc) is 2.09. The molecule has 0 bridgehead atoms. The fraction of sp³-hybridized carbons (Fsp3) is 0.400. The molecule has 0 unspecified atom stereocenters. The number of ether oxygens (including phenoxy) is 1. The Morgan fingerprint density at radius 2 is 1.85 bits per heavy atom. The van der Waals surface area contributed by atoms with Gasteiger partial charge in [0.1, 0.15) is 0 Å². The van der Waals surface area contributed by atoms with Gasteiger partial charge in [-0.25, -0.2) is 0 Å². The van der Waals surface area contributed by atoms with Crippen LogP contribution in [0.2, 0.25) is 0 Å². The van der Waals surface area contributed by atoms with Crippen LogP contribution in [-0.2, 0) is 4.74 Å². The average molecular weight is 244 g/mol. The van der Waals surface area contributed by atoms with Gasteiger partial charge in [-0.1, -0.05) is 28.1 Å². The Balaban J connectivity index is 2.86. The third-order valence-corrected chi connectivity index (χ3v) is 2.46. The van der Waals surface area contributed by atoms with Crippen LogP contribution in [0.25, 0.3) is 0 Å². The molecule has 0 saturated carbocycles. The summed E-state index contributed by atoms with van der Waals surface area (Å²) in [7, 11) is 1.68. The maximum Gasteiger partial charge on any atom is 0.0969 e. The quantitative estimate of drug-likeness (QED) is 0.886. The van der Waals surface area contributed by atoms with Gasteiger partial charge in [0.05, 0.1) is 6.10 Å². The topological polar surface area (TPSA) is 35.2 Å². The van der Waals surface area contributed by atoms with E-state index in [1.165, 1.54) is 0 Å². The van der Waals surface area contributed by atoms with Crippen molar-refractivity contribution in [2.45, 2.75) is 19.1 Å². The van der Waals surface area contributed by atoms with Crippen molar-refractivity contribution in [2.24, 2.45) is 5.73 Å². The minimum atomic E-state index is -0.0203. The first-order chi connectivity index (χ1) is 6.15. The summed E-state index contributed by atoms with van der Waals surface area (Å²) in [5.41, 5.74) is 6.89. The fourth-order valence-corrected chi connectivity index (χ4v) is 1.57. The molecular weight excluding hydrogens is 230 g/mol. The predicted octanol–water partition coefficient (Wildman–Crippen LogP) is 2.48. The Kier molecular flexibility index (Phi) is 3.90. The second-order valence-corrected chi connectivity index (χ2v) is 3.98. The smallest absolute Gasteiger partial charge is 0.0969 e. The number of halogens is 1. The van der Waals surface area contributed by atoms with Crippen LogP contribution in [0, 0.1) is 0 Å². The van der Waals surface area contributed by atoms with Gasteiger partial charge in [-0.2, -0.15) is 0 Å². The van der Waals surface area contributed by atoms with Gasteiger partial charge in [0.25, 0.3) is 0 Å². The maximum atomic E-state index is 5.78. The van der Waals surface area contributed by atoms with Gasteiger partial charge in [-0.05, 0) is 24.6 Å². The lowest BCUT2D eigenvalue weighted by atomic mass is 10.0.